The second-order valence-corrected chi connectivity index (χ2v) is 5.33. The van der Waals surface area contributed by atoms with Crippen molar-refractivity contribution in [3.63, 3.8) is 0 Å². The highest BCUT2D eigenvalue weighted by Gasteiger charge is 2.27. The molecule has 0 bridgehead atoms. The van der Waals surface area contributed by atoms with Crippen LogP contribution in [0.4, 0.5) is 0 Å². The molecule has 0 radical (unpaired) electrons. The molecule has 1 unspecified atom stereocenters. The summed E-state index contributed by atoms with van der Waals surface area (Å²) in [7, 11) is 2.13. The molecule has 2 aromatic rings. The molecule has 1 amide bonds. The van der Waals surface area contributed by atoms with E-state index in [1.54, 1.807) is 0 Å². The average molecular weight is 385 g/mol. The molecule has 0 spiro atoms. The van der Waals surface area contributed by atoms with Crippen LogP contribution < -0.4 is 5.73 Å². The van der Waals surface area contributed by atoms with E-state index in [9.17, 15) is 4.79 Å². The Labute approximate surface area is 135 Å². The third kappa shape index (κ3) is 2.33. The first-order valence-electron chi connectivity index (χ1n) is 6.73. The number of benzene rings is 1. The van der Waals surface area contributed by atoms with E-state index in [1.807, 2.05) is 12.1 Å². The van der Waals surface area contributed by atoms with Crippen molar-refractivity contribution in [3.8, 4) is 0 Å². The van der Waals surface area contributed by atoms with Crippen molar-refractivity contribution in [2.24, 2.45) is 5.73 Å². The average Bonchev–Trinajstić information content (AvgIpc) is 2.82. The van der Waals surface area contributed by atoms with Crippen LogP contribution in [0, 0.1) is 0 Å². The lowest BCUT2D eigenvalue weighted by Crippen LogP contribution is -2.37. The number of halogens is 1. The predicted molar refractivity (Wildman–Crippen MR) is 91.7 cm³/mol. The van der Waals surface area contributed by atoms with Gasteiger partial charge < -0.3 is 15.6 Å². The molecule has 1 aliphatic rings. The molecule has 0 saturated heterocycles. The van der Waals surface area contributed by atoms with Crippen LogP contribution in [0.1, 0.15) is 28.4 Å². The first kappa shape index (κ1) is 15.3. The third-order valence-electron chi connectivity index (χ3n) is 4.32. The highest BCUT2D eigenvalue weighted by molar-refractivity contribution is 14.0. The number of carbonyl (C=O) groups is 1. The first-order chi connectivity index (χ1) is 9.11. The molecule has 1 atom stereocenters. The minimum Gasteiger partial charge on any atom is -0.366 e. The van der Waals surface area contributed by atoms with Crippen LogP contribution in [0.5, 0.6) is 0 Å². The maximum Gasteiger partial charge on any atom is 0.249 e. The van der Waals surface area contributed by atoms with E-state index in [2.05, 4.69) is 30.1 Å². The SMILES string of the molecule is CCN(C)C1Cc2c[nH]c3ccc(C(N)=O)c(c23)C1.I. The van der Waals surface area contributed by atoms with E-state index in [0.717, 1.165) is 30.5 Å². The fraction of sp³-hybridized carbons (Fsp3) is 0.400. The van der Waals surface area contributed by atoms with Gasteiger partial charge in [0.25, 0.3) is 0 Å². The van der Waals surface area contributed by atoms with Crippen LogP contribution in [0.15, 0.2) is 18.3 Å². The van der Waals surface area contributed by atoms with E-state index >= 15 is 0 Å². The van der Waals surface area contributed by atoms with Gasteiger partial charge in [0.05, 0.1) is 0 Å². The van der Waals surface area contributed by atoms with Gasteiger partial charge in [-0.15, -0.1) is 24.0 Å². The van der Waals surface area contributed by atoms with Crippen LogP contribution in [0.2, 0.25) is 0 Å². The molecule has 3 N–H and O–H groups in total. The molecule has 20 heavy (non-hydrogen) atoms. The quantitative estimate of drug-likeness (QED) is 0.797. The van der Waals surface area contributed by atoms with Crippen LogP contribution >= 0.6 is 24.0 Å². The van der Waals surface area contributed by atoms with E-state index in [4.69, 9.17) is 5.73 Å². The van der Waals surface area contributed by atoms with E-state index in [1.165, 1.54) is 10.9 Å². The summed E-state index contributed by atoms with van der Waals surface area (Å²) in [5, 5.41) is 1.21. The van der Waals surface area contributed by atoms with E-state index in [0.29, 0.717) is 11.6 Å². The summed E-state index contributed by atoms with van der Waals surface area (Å²) in [4.78, 5) is 17.3. The van der Waals surface area contributed by atoms with Gasteiger partial charge in [0, 0.05) is 28.7 Å². The van der Waals surface area contributed by atoms with Gasteiger partial charge in [-0.3, -0.25) is 4.79 Å². The highest BCUT2D eigenvalue weighted by atomic mass is 127. The maximum absolute atomic E-state index is 11.6. The van der Waals surface area contributed by atoms with Crippen molar-refractivity contribution >= 4 is 40.8 Å². The molecule has 5 heteroatoms. The molecule has 1 aliphatic carbocycles. The maximum atomic E-state index is 11.6. The fourth-order valence-electron chi connectivity index (χ4n) is 3.11. The Morgan fingerprint density at radius 2 is 2.20 bits per heavy atom. The zero-order valence-corrected chi connectivity index (χ0v) is 14.1. The second-order valence-electron chi connectivity index (χ2n) is 5.33. The van der Waals surface area contributed by atoms with Gasteiger partial charge in [-0.05, 0) is 49.7 Å². The molecule has 4 nitrogen and oxygen atoms in total. The van der Waals surface area contributed by atoms with E-state index < -0.39 is 0 Å². The summed E-state index contributed by atoms with van der Waals surface area (Å²) in [5.74, 6) is -0.330. The Morgan fingerprint density at radius 3 is 2.85 bits per heavy atom. The van der Waals surface area contributed by atoms with Crippen molar-refractivity contribution in [2.45, 2.75) is 25.8 Å². The normalized spacial score (nSPS) is 17.2. The number of primary amides is 1. The van der Waals surface area contributed by atoms with Gasteiger partial charge in [0.2, 0.25) is 5.91 Å². The van der Waals surface area contributed by atoms with Crippen molar-refractivity contribution in [1.29, 1.82) is 0 Å². The summed E-state index contributed by atoms with van der Waals surface area (Å²) < 4.78 is 0. The van der Waals surface area contributed by atoms with E-state index in [-0.39, 0.29) is 29.9 Å². The van der Waals surface area contributed by atoms with Gasteiger partial charge in [-0.1, -0.05) is 6.92 Å². The summed E-state index contributed by atoms with van der Waals surface area (Å²) in [6.45, 7) is 3.16. The number of H-pyrrole nitrogens is 1. The summed E-state index contributed by atoms with van der Waals surface area (Å²) in [5.41, 5.74) is 9.69. The number of nitrogens with one attached hydrogen (secondary N) is 1. The zero-order valence-electron chi connectivity index (χ0n) is 11.8. The van der Waals surface area contributed by atoms with Crippen LogP contribution in [0.3, 0.4) is 0 Å². The van der Waals surface area contributed by atoms with Crippen molar-refractivity contribution in [3.05, 3.63) is 35.0 Å². The largest absolute Gasteiger partial charge is 0.366 e. The standard InChI is InChI=1S/C15H19N3O.HI/c1-3-18(2)10-6-9-8-17-13-5-4-11(15(16)19)12(7-10)14(9)13;/h4-5,8,10,17H,3,6-7H2,1-2H3,(H2,16,19);1H. The lowest BCUT2D eigenvalue weighted by molar-refractivity contribution is 0.0999. The first-order valence-corrected chi connectivity index (χ1v) is 6.73. The van der Waals surface area contributed by atoms with Crippen LogP contribution in [0.25, 0.3) is 10.9 Å². The fourth-order valence-corrected chi connectivity index (χ4v) is 3.11. The summed E-state index contributed by atoms with van der Waals surface area (Å²) in [6.07, 6.45) is 3.99. The molecule has 3 rings (SSSR count). The van der Waals surface area contributed by atoms with Crippen LogP contribution in [-0.4, -0.2) is 35.4 Å². The molecular formula is C15H20IN3O. The Morgan fingerprint density at radius 1 is 1.45 bits per heavy atom. The predicted octanol–water partition coefficient (Wildman–Crippen LogP) is 2.30. The number of hydrogen-bond donors (Lipinski definition) is 2. The lowest BCUT2D eigenvalue weighted by atomic mass is 9.85. The summed E-state index contributed by atoms with van der Waals surface area (Å²) >= 11 is 0. The van der Waals surface area contributed by atoms with Gasteiger partial charge in [-0.2, -0.15) is 0 Å². The number of nitrogens with zero attached hydrogens (tertiary/aromatic N) is 1. The van der Waals surface area contributed by atoms with Gasteiger partial charge in [-0.25, -0.2) is 0 Å². The summed E-state index contributed by atoms with van der Waals surface area (Å²) in [6, 6.07) is 4.23. The van der Waals surface area contributed by atoms with Crippen molar-refractivity contribution < 1.29 is 4.79 Å². The number of hydrogen-bond acceptors (Lipinski definition) is 2. The topological polar surface area (TPSA) is 62.1 Å². The van der Waals surface area contributed by atoms with Gasteiger partial charge in [0.15, 0.2) is 0 Å². The second kappa shape index (κ2) is 5.73. The molecule has 1 heterocycles. The van der Waals surface area contributed by atoms with Gasteiger partial charge >= 0.3 is 0 Å². The lowest BCUT2D eigenvalue weighted by Gasteiger charge is -2.31. The number of amides is 1. The molecule has 1 aromatic carbocycles. The smallest absolute Gasteiger partial charge is 0.249 e. The van der Waals surface area contributed by atoms with Crippen LogP contribution in [-0.2, 0) is 12.8 Å². The molecule has 1 aromatic heterocycles. The molecule has 0 fully saturated rings. The Bertz CT molecular complexity index is 650. The number of rotatable bonds is 3. The number of aromatic amines is 1. The number of likely N-dealkylation sites (N-methyl/N-ethyl adjacent to an activating group) is 1. The minimum atomic E-state index is -0.330. The number of nitrogens with two attached hydrogens (primary N) is 1. The number of aromatic nitrogens is 1. The minimum absolute atomic E-state index is 0. The molecule has 0 aliphatic heterocycles. The Kier molecular flexibility index (Phi) is 4.39. The Hall–Kier alpha value is -1.08. The van der Waals surface area contributed by atoms with Crippen molar-refractivity contribution in [2.75, 3.05) is 13.6 Å². The zero-order chi connectivity index (χ0) is 13.6. The third-order valence-corrected chi connectivity index (χ3v) is 4.32. The molecule has 0 saturated carbocycles. The number of carbonyl (C=O) groups excluding carboxylic acids is 1. The highest BCUT2D eigenvalue weighted by Crippen LogP contribution is 2.33. The molecular weight excluding hydrogens is 365 g/mol. The Balaban J connectivity index is 0.00000147. The van der Waals surface area contributed by atoms with Crippen molar-refractivity contribution in [1.82, 2.24) is 9.88 Å². The molecule has 108 valence electrons. The van der Waals surface area contributed by atoms with Gasteiger partial charge in [0.1, 0.15) is 0 Å². The monoisotopic (exact) mass is 385 g/mol.